The smallest absolute Gasteiger partial charge is 0.133 e. The summed E-state index contributed by atoms with van der Waals surface area (Å²) in [6, 6.07) is 6.15. The Morgan fingerprint density at radius 2 is 2.17 bits per heavy atom. The first kappa shape index (κ1) is 14.2. The van der Waals surface area contributed by atoms with E-state index in [1.54, 1.807) is 7.11 Å². The lowest BCUT2D eigenvalue weighted by molar-refractivity contribution is 0.252. The second-order valence-corrected chi connectivity index (χ2v) is 7.11. The lowest BCUT2D eigenvalue weighted by Gasteiger charge is -2.31. The Morgan fingerprint density at radius 1 is 1.44 bits per heavy atom. The van der Waals surface area contributed by atoms with E-state index in [0.717, 1.165) is 10.2 Å². The van der Waals surface area contributed by atoms with Gasteiger partial charge in [-0.3, -0.25) is 0 Å². The highest BCUT2D eigenvalue weighted by Gasteiger charge is 2.39. The van der Waals surface area contributed by atoms with Gasteiger partial charge in [0.25, 0.3) is 0 Å². The molecule has 0 spiro atoms. The Kier molecular flexibility index (Phi) is 4.28. The molecule has 1 aliphatic rings. The fraction of sp³-hybridized carbons (Fsp3) is 0.600. The molecule has 0 bridgehead atoms. The van der Waals surface area contributed by atoms with Gasteiger partial charge in [-0.25, -0.2) is 0 Å². The maximum atomic E-state index is 6.70. The molecule has 0 saturated heterocycles. The van der Waals surface area contributed by atoms with Crippen LogP contribution in [-0.2, 0) is 0 Å². The number of hydrogen-bond acceptors (Lipinski definition) is 1. The molecule has 2 atom stereocenters. The number of hydrogen-bond donors (Lipinski definition) is 0. The second-order valence-electron chi connectivity index (χ2n) is 5.78. The zero-order chi connectivity index (χ0) is 13.3. The van der Waals surface area contributed by atoms with E-state index in [1.165, 1.54) is 24.8 Å². The van der Waals surface area contributed by atoms with Gasteiger partial charge in [-0.05, 0) is 57.8 Å². The predicted molar refractivity (Wildman–Crippen MR) is 80.4 cm³/mol. The van der Waals surface area contributed by atoms with E-state index in [2.05, 4.69) is 41.9 Å². The molecule has 2 rings (SSSR count). The summed E-state index contributed by atoms with van der Waals surface area (Å²) in [5.74, 6) is 1.41. The van der Waals surface area contributed by atoms with Crippen LogP contribution in [0, 0.1) is 11.3 Å². The first-order chi connectivity index (χ1) is 8.45. The Bertz CT molecular complexity index is 431. The fourth-order valence-electron chi connectivity index (χ4n) is 2.98. The van der Waals surface area contributed by atoms with Gasteiger partial charge in [-0.2, -0.15) is 0 Å². The third-order valence-electron chi connectivity index (χ3n) is 4.19. The molecule has 2 unspecified atom stereocenters. The lowest BCUT2D eigenvalue weighted by Crippen LogP contribution is -2.21. The third kappa shape index (κ3) is 2.70. The van der Waals surface area contributed by atoms with Crippen molar-refractivity contribution < 1.29 is 4.74 Å². The first-order valence-electron chi connectivity index (χ1n) is 6.43. The van der Waals surface area contributed by atoms with E-state index < -0.39 is 0 Å². The maximum absolute atomic E-state index is 6.70. The number of benzene rings is 1. The van der Waals surface area contributed by atoms with Crippen molar-refractivity contribution in [3.63, 3.8) is 0 Å². The summed E-state index contributed by atoms with van der Waals surface area (Å²) < 4.78 is 6.23. The first-order valence-corrected chi connectivity index (χ1v) is 7.66. The molecule has 0 radical (unpaired) electrons. The number of ether oxygens (including phenoxy) is 1. The van der Waals surface area contributed by atoms with Crippen LogP contribution in [0.25, 0.3) is 0 Å². The molecule has 1 saturated carbocycles. The topological polar surface area (TPSA) is 9.23 Å². The molecule has 1 aromatic carbocycles. The molecule has 0 heterocycles. The van der Waals surface area contributed by atoms with Gasteiger partial charge in [-0.15, -0.1) is 11.6 Å². The molecule has 18 heavy (non-hydrogen) atoms. The van der Waals surface area contributed by atoms with E-state index in [-0.39, 0.29) is 5.38 Å². The van der Waals surface area contributed by atoms with Gasteiger partial charge in [0, 0.05) is 0 Å². The average molecular weight is 332 g/mol. The van der Waals surface area contributed by atoms with E-state index in [0.29, 0.717) is 11.3 Å². The summed E-state index contributed by atoms with van der Waals surface area (Å²) in [7, 11) is 1.68. The van der Waals surface area contributed by atoms with Crippen LogP contribution in [0.5, 0.6) is 5.75 Å². The van der Waals surface area contributed by atoms with Crippen molar-refractivity contribution in [2.45, 2.75) is 38.5 Å². The maximum Gasteiger partial charge on any atom is 0.133 e. The Labute approximate surface area is 123 Å². The summed E-state index contributed by atoms with van der Waals surface area (Å²) in [5, 5.41) is 0.0877. The Hall–Kier alpha value is -0.210. The summed E-state index contributed by atoms with van der Waals surface area (Å²) in [5.41, 5.74) is 1.53. The molecule has 1 aliphatic carbocycles. The molecule has 0 aliphatic heterocycles. The monoisotopic (exact) mass is 330 g/mol. The van der Waals surface area contributed by atoms with E-state index >= 15 is 0 Å². The minimum absolute atomic E-state index is 0.0877. The molecule has 1 aromatic rings. The van der Waals surface area contributed by atoms with Crippen molar-refractivity contribution in [1.29, 1.82) is 0 Å². The standard InChI is InChI=1S/C15H20BrClO/c1-15(2)8-4-5-11(15)14(17)10-6-7-13(18-3)12(16)9-10/h6-7,9,11,14H,4-5,8H2,1-3H3. The van der Waals surface area contributed by atoms with Crippen LogP contribution in [0.3, 0.4) is 0 Å². The van der Waals surface area contributed by atoms with Crippen LogP contribution >= 0.6 is 27.5 Å². The Morgan fingerprint density at radius 3 is 2.67 bits per heavy atom. The van der Waals surface area contributed by atoms with Crippen LogP contribution in [0.1, 0.15) is 44.1 Å². The summed E-state index contributed by atoms with van der Waals surface area (Å²) in [6.07, 6.45) is 3.79. The SMILES string of the molecule is COc1ccc(C(Cl)C2CCCC2(C)C)cc1Br. The predicted octanol–water partition coefficient (Wildman–Crippen LogP) is 5.56. The van der Waals surface area contributed by atoms with Crippen LogP contribution < -0.4 is 4.74 Å². The van der Waals surface area contributed by atoms with Gasteiger partial charge in [0.15, 0.2) is 0 Å². The summed E-state index contributed by atoms with van der Waals surface area (Å²) >= 11 is 10.2. The molecule has 1 fully saturated rings. The molecule has 3 heteroatoms. The highest BCUT2D eigenvalue weighted by molar-refractivity contribution is 9.10. The molecular weight excluding hydrogens is 312 g/mol. The van der Waals surface area contributed by atoms with Gasteiger partial charge < -0.3 is 4.74 Å². The molecule has 1 nitrogen and oxygen atoms in total. The number of alkyl halides is 1. The average Bonchev–Trinajstić information content (AvgIpc) is 2.68. The van der Waals surface area contributed by atoms with Crippen LogP contribution in [-0.4, -0.2) is 7.11 Å². The van der Waals surface area contributed by atoms with E-state index in [9.17, 15) is 0 Å². The van der Waals surface area contributed by atoms with Gasteiger partial charge >= 0.3 is 0 Å². The number of methoxy groups -OCH3 is 1. The molecular formula is C15H20BrClO. The zero-order valence-electron chi connectivity index (χ0n) is 11.2. The van der Waals surface area contributed by atoms with Crippen molar-refractivity contribution in [3.05, 3.63) is 28.2 Å². The van der Waals surface area contributed by atoms with Crippen molar-refractivity contribution in [3.8, 4) is 5.75 Å². The molecule has 0 amide bonds. The molecule has 100 valence electrons. The molecule has 0 N–H and O–H groups in total. The van der Waals surface area contributed by atoms with E-state index in [4.69, 9.17) is 16.3 Å². The van der Waals surface area contributed by atoms with Crippen LogP contribution in [0.2, 0.25) is 0 Å². The normalized spacial score (nSPS) is 23.9. The Balaban J connectivity index is 2.23. The van der Waals surface area contributed by atoms with Crippen LogP contribution in [0.15, 0.2) is 22.7 Å². The lowest BCUT2D eigenvalue weighted by atomic mass is 9.78. The largest absolute Gasteiger partial charge is 0.496 e. The quantitative estimate of drug-likeness (QED) is 0.658. The third-order valence-corrected chi connectivity index (χ3v) is 5.36. The second kappa shape index (κ2) is 5.42. The van der Waals surface area contributed by atoms with Crippen LogP contribution in [0.4, 0.5) is 0 Å². The van der Waals surface area contributed by atoms with Gasteiger partial charge in [0.05, 0.1) is 17.0 Å². The minimum Gasteiger partial charge on any atom is -0.496 e. The van der Waals surface area contributed by atoms with Gasteiger partial charge in [-0.1, -0.05) is 26.3 Å². The van der Waals surface area contributed by atoms with Gasteiger partial charge in [0.2, 0.25) is 0 Å². The highest BCUT2D eigenvalue weighted by atomic mass is 79.9. The van der Waals surface area contributed by atoms with Crippen molar-refractivity contribution >= 4 is 27.5 Å². The fourth-order valence-corrected chi connectivity index (χ4v) is 4.14. The summed E-state index contributed by atoms with van der Waals surface area (Å²) in [6.45, 7) is 4.66. The van der Waals surface area contributed by atoms with Crippen molar-refractivity contribution in [2.24, 2.45) is 11.3 Å². The molecule has 0 aromatic heterocycles. The van der Waals surface area contributed by atoms with Gasteiger partial charge in [0.1, 0.15) is 5.75 Å². The van der Waals surface area contributed by atoms with Crippen molar-refractivity contribution in [1.82, 2.24) is 0 Å². The summed E-state index contributed by atoms with van der Waals surface area (Å²) in [4.78, 5) is 0. The van der Waals surface area contributed by atoms with Crippen molar-refractivity contribution in [2.75, 3.05) is 7.11 Å². The zero-order valence-corrected chi connectivity index (χ0v) is 13.5. The van der Waals surface area contributed by atoms with E-state index in [1.807, 2.05) is 6.07 Å². The number of rotatable bonds is 3. The minimum atomic E-state index is 0.0877. The highest BCUT2D eigenvalue weighted by Crippen LogP contribution is 2.51. The number of halogens is 2.